The summed E-state index contributed by atoms with van der Waals surface area (Å²) in [5, 5.41) is 0.567. The van der Waals surface area contributed by atoms with Gasteiger partial charge in [0.15, 0.2) is 0 Å². The molecule has 2 aromatic rings. The number of hydrogen-bond acceptors (Lipinski definition) is 1. The Hall–Kier alpha value is -1.65. The van der Waals surface area contributed by atoms with Gasteiger partial charge in [-0.2, -0.15) is 13.2 Å². The van der Waals surface area contributed by atoms with Gasteiger partial charge in [0.1, 0.15) is 11.4 Å². The van der Waals surface area contributed by atoms with Crippen molar-refractivity contribution in [2.45, 2.75) is 45.3 Å². The van der Waals surface area contributed by atoms with E-state index in [1.54, 1.807) is 18.2 Å². The molecule has 0 spiro atoms. The topological polar surface area (TPSA) is 14.2 Å². The summed E-state index contributed by atoms with van der Waals surface area (Å²) in [6.45, 7) is 2.48. The number of methoxy groups -OCH3 is 1. The molecule has 0 saturated heterocycles. The molecule has 1 heterocycles. The standard InChI is InChI=1S/C16H20F3NO/c1-3-4-5-6-9-20-14-8-7-13(21-2)10-12(14)11-15(20)16(17,18)19/h7-8,10-11H,3-6,9H2,1-2H3. The van der Waals surface area contributed by atoms with Gasteiger partial charge in [0.25, 0.3) is 0 Å². The van der Waals surface area contributed by atoms with Crippen molar-refractivity contribution in [3.63, 3.8) is 0 Å². The zero-order chi connectivity index (χ0) is 15.5. The fourth-order valence-corrected chi connectivity index (χ4v) is 2.55. The molecule has 0 aliphatic heterocycles. The summed E-state index contributed by atoms with van der Waals surface area (Å²) in [6.07, 6.45) is -0.516. The molecule has 0 saturated carbocycles. The average Bonchev–Trinajstić information content (AvgIpc) is 2.81. The van der Waals surface area contributed by atoms with Gasteiger partial charge in [-0.15, -0.1) is 0 Å². The highest BCUT2D eigenvalue weighted by molar-refractivity contribution is 5.83. The normalized spacial score (nSPS) is 12.0. The van der Waals surface area contributed by atoms with Crippen LogP contribution in [-0.2, 0) is 12.7 Å². The van der Waals surface area contributed by atoms with E-state index in [1.807, 2.05) is 0 Å². The number of halogens is 3. The average molecular weight is 299 g/mol. The van der Waals surface area contributed by atoms with Gasteiger partial charge in [-0.3, -0.25) is 0 Å². The van der Waals surface area contributed by atoms with E-state index in [4.69, 9.17) is 4.74 Å². The Morgan fingerprint density at radius 3 is 2.48 bits per heavy atom. The van der Waals surface area contributed by atoms with Crippen LogP contribution in [0.4, 0.5) is 13.2 Å². The number of rotatable bonds is 6. The van der Waals surface area contributed by atoms with Crippen LogP contribution < -0.4 is 4.74 Å². The summed E-state index contributed by atoms with van der Waals surface area (Å²) in [5.41, 5.74) is 0.0295. The highest BCUT2D eigenvalue weighted by Gasteiger charge is 2.35. The minimum absolute atomic E-state index is 0.394. The molecule has 0 atom stereocenters. The van der Waals surface area contributed by atoms with E-state index >= 15 is 0 Å². The van der Waals surface area contributed by atoms with Crippen molar-refractivity contribution in [3.05, 3.63) is 30.0 Å². The van der Waals surface area contributed by atoms with Crippen molar-refractivity contribution >= 4 is 10.9 Å². The Bertz CT molecular complexity index is 601. The third kappa shape index (κ3) is 3.52. The summed E-state index contributed by atoms with van der Waals surface area (Å²) < 4.78 is 46.0. The quantitative estimate of drug-likeness (QED) is 0.665. The molecule has 21 heavy (non-hydrogen) atoms. The highest BCUT2D eigenvalue weighted by atomic mass is 19.4. The van der Waals surface area contributed by atoms with Gasteiger partial charge in [-0.25, -0.2) is 0 Å². The fraction of sp³-hybridized carbons (Fsp3) is 0.500. The van der Waals surface area contributed by atoms with Gasteiger partial charge >= 0.3 is 6.18 Å². The van der Waals surface area contributed by atoms with E-state index in [9.17, 15) is 13.2 Å². The predicted molar refractivity (Wildman–Crippen MR) is 77.6 cm³/mol. The number of ether oxygens (including phenoxy) is 1. The predicted octanol–water partition coefficient (Wildman–Crippen LogP) is 5.25. The number of nitrogens with zero attached hydrogens (tertiary/aromatic N) is 1. The van der Waals surface area contributed by atoms with Gasteiger partial charge in [0, 0.05) is 17.4 Å². The number of hydrogen-bond donors (Lipinski definition) is 0. The van der Waals surface area contributed by atoms with Gasteiger partial charge < -0.3 is 9.30 Å². The lowest BCUT2D eigenvalue weighted by Gasteiger charge is -2.13. The maximum atomic E-state index is 13.2. The Morgan fingerprint density at radius 1 is 1.10 bits per heavy atom. The van der Waals surface area contributed by atoms with Gasteiger partial charge in [-0.1, -0.05) is 26.2 Å². The van der Waals surface area contributed by atoms with Gasteiger partial charge in [0.05, 0.1) is 7.11 Å². The van der Waals surface area contributed by atoms with Crippen LogP contribution in [0.15, 0.2) is 24.3 Å². The third-order valence-corrected chi connectivity index (χ3v) is 3.63. The van der Waals surface area contributed by atoms with Crippen molar-refractivity contribution in [2.24, 2.45) is 0 Å². The zero-order valence-electron chi connectivity index (χ0n) is 12.3. The second-order valence-corrected chi connectivity index (χ2v) is 5.16. The van der Waals surface area contributed by atoms with E-state index in [1.165, 1.54) is 17.7 Å². The van der Waals surface area contributed by atoms with Crippen molar-refractivity contribution < 1.29 is 17.9 Å². The lowest BCUT2D eigenvalue weighted by Crippen LogP contribution is -2.13. The molecule has 0 bridgehead atoms. The number of alkyl halides is 3. The van der Waals surface area contributed by atoms with E-state index in [-0.39, 0.29) is 0 Å². The second-order valence-electron chi connectivity index (χ2n) is 5.16. The number of aromatic nitrogens is 1. The van der Waals surface area contributed by atoms with Crippen LogP contribution in [0.25, 0.3) is 10.9 Å². The number of fused-ring (bicyclic) bond motifs is 1. The molecule has 116 valence electrons. The molecule has 2 rings (SSSR count). The molecule has 2 nitrogen and oxygen atoms in total. The van der Waals surface area contributed by atoms with Gasteiger partial charge in [-0.05, 0) is 30.7 Å². The number of unbranched alkanes of at least 4 members (excludes halogenated alkanes) is 3. The first-order chi connectivity index (χ1) is 9.97. The molecule has 0 aliphatic carbocycles. The van der Waals surface area contributed by atoms with Crippen LogP contribution >= 0.6 is 0 Å². The van der Waals surface area contributed by atoms with Crippen LogP contribution in [0, 0.1) is 0 Å². The molecule has 1 aromatic carbocycles. The van der Waals surface area contributed by atoms with Crippen LogP contribution in [0.1, 0.15) is 38.3 Å². The van der Waals surface area contributed by atoms with Crippen LogP contribution in [-0.4, -0.2) is 11.7 Å². The summed E-state index contributed by atoms with van der Waals surface area (Å²) in [6, 6.07) is 6.25. The molecule has 1 aromatic heterocycles. The molecular weight excluding hydrogens is 279 g/mol. The van der Waals surface area contributed by atoms with Crippen LogP contribution in [0.3, 0.4) is 0 Å². The van der Waals surface area contributed by atoms with Crippen LogP contribution in [0.5, 0.6) is 5.75 Å². The van der Waals surface area contributed by atoms with Crippen molar-refractivity contribution in [1.82, 2.24) is 4.57 Å². The largest absolute Gasteiger partial charge is 0.497 e. The molecule has 0 unspecified atom stereocenters. The monoisotopic (exact) mass is 299 g/mol. The zero-order valence-corrected chi connectivity index (χ0v) is 12.3. The molecule has 0 N–H and O–H groups in total. The van der Waals surface area contributed by atoms with E-state index in [2.05, 4.69) is 6.92 Å². The van der Waals surface area contributed by atoms with Crippen LogP contribution in [0.2, 0.25) is 0 Å². The van der Waals surface area contributed by atoms with Crippen molar-refractivity contribution in [2.75, 3.05) is 7.11 Å². The van der Waals surface area contributed by atoms with E-state index in [0.29, 0.717) is 23.2 Å². The Labute approximate surface area is 122 Å². The molecule has 0 aliphatic rings. The minimum Gasteiger partial charge on any atom is -0.497 e. The third-order valence-electron chi connectivity index (χ3n) is 3.63. The lowest BCUT2D eigenvalue weighted by molar-refractivity contribution is -0.143. The molecule has 0 fully saturated rings. The first kappa shape index (κ1) is 15.7. The summed E-state index contributed by atoms with van der Waals surface area (Å²) >= 11 is 0. The minimum atomic E-state index is -4.34. The Morgan fingerprint density at radius 2 is 1.86 bits per heavy atom. The Balaban J connectivity index is 2.38. The number of benzene rings is 1. The summed E-state index contributed by atoms with van der Waals surface area (Å²) in [7, 11) is 1.51. The highest BCUT2D eigenvalue weighted by Crippen LogP contribution is 2.35. The maximum absolute atomic E-state index is 13.2. The van der Waals surface area contributed by atoms with E-state index in [0.717, 1.165) is 25.7 Å². The summed E-state index contributed by atoms with van der Waals surface area (Å²) in [5.74, 6) is 0.569. The van der Waals surface area contributed by atoms with Crippen molar-refractivity contribution in [1.29, 1.82) is 0 Å². The SMILES string of the molecule is CCCCCCn1c(C(F)(F)F)cc2cc(OC)ccc21. The molecular formula is C16H20F3NO. The first-order valence-electron chi connectivity index (χ1n) is 7.22. The maximum Gasteiger partial charge on any atom is 0.431 e. The van der Waals surface area contributed by atoms with Gasteiger partial charge in [0.2, 0.25) is 0 Å². The molecule has 0 radical (unpaired) electrons. The Kier molecular flexibility index (Phi) is 4.80. The molecule has 0 amide bonds. The number of aryl methyl sites for hydroxylation is 1. The smallest absolute Gasteiger partial charge is 0.431 e. The second kappa shape index (κ2) is 6.41. The lowest BCUT2D eigenvalue weighted by atomic mass is 10.2. The van der Waals surface area contributed by atoms with E-state index < -0.39 is 11.9 Å². The summed E-state index contributed by atoms with van der Waals surface area (Å²) in [4.78, 5) is 0. The molecule has 5 heteroatoms. The first-order valence-corrected chi connectivity index (χ1v) is 7.22. The fourth-order valence-electron chi connectivity index (χ4n) is 2.55. The van der Waals surface area contributed by atoms with Crippen molar-refractivity contribution in [3.8, 4) is 5.75 Å².